The number of nitrogens with zero attached hydrogens (tertiary/aromatic N) is 1. The Morgan fingerprint density at radius 1 is 0.867 bits per heavy atom. The molecule has 0 bridgehead atoms. The van der Waals surface area contributed by atoms with Gasteiger partial charge in [-0.2, -0.15) is 0 Å². The van der Waals surface area contributed by atoms with Crippen molar-refractivity contribution in [2.45, 2.75) is 84.3 Å². The average molecular weight is 406 g/mol. The third-order valence-corrected chi connectivity index (χ3v) is 6.52. The predicted octanol–water partition coefficient (Wildman–Crippen LogP) is 7.03. The van der Waals surface area contributed by atoms with Crippen LogP contribution in [0.4, 0.5) is 0 Å². The molecule has 0 N–H and O–H groups in total. The van der Waals surface area contributed by atoms with E-state index in [1.54, 1.807) is 0 Å². The van der Waals surface area contributed by atoms with Gasteiger partial charge in [-0.15, -0.1) is 0 Å². The minimum atomic E-state index is 0.0206. The summed E-state index contributed by atoms with van der Waals surface area (Å²) in [5.41, 5.74) is 2.58. The van der Waals surface area contributed by atoms with E-state index in [4.69, 9.17) is 0 Å². The molecule has 0 spiro atoms. The fourth-order valence-electron chi connectivity index (χ4n) is 4.73. The molecule has 30 heavy (non-hydrogen) atoms. The molecule has 0 amide bonds. The van der Waals surface area contributed by atoms with E-state index in [0.29, 0.717) is 24.0 Å². The third kappa shape index (κ3) is 7.40. The summed E-state index contributed by atoms with van der Waals surface area (Å²) < 4.78 is 0. The van der Waals surface area contributed by atoms with Crippen molar-refractivity contribution in [2.75, 3.05) is 0 Å². The number of rotatable bonds is 11. The second kappa shape index (κ2) is 12.1. The molecule has 1 unspecified atom stereocenters. The molecule has 0 radical (unpaired) electrons. The molecule has 2 heteroatoms. The number of carbonyl (C=O) groups is 1. The highest BCUT2D eigenvalue weighted by atomic mass is 16.1. The fraction of sp³-hybridized carbons (Fsp3) is 0.536. The summed E-state index contributed by atoms with van der Waals surface area (Å²) in [4.78, 5) is 16.0. The van der Waals surface area contributed by atoms with Crippen molar-refractivity contribution in [1.82, 2.24) is 4.90 Å². The Kier molecular flexibility index (Phi) is 9.14. The minimum absolute atomic E-state index is 0.0206. The van der Waals surface area contributed by atoms with Crippen molar-refractivity contribution in [3.05, 3.63) is 71.8 Å². The normalized spacial score (nSPS) is 16.1. The summed E-state index contributed by atoms with van der Waals surface area (Å²) in [6, 6.07) is 21.3. The van der Waals surface area contributed by atoms with Crippen molar-refractivity contribution >= 4 is 5.78 Å². The Morgan fingerprint density at radius 3 is 1.90 bits per heavy atom. The lowest BCUT2D eigenvalue weighted by atomic mass is 9.82. The van der Waals surface area contributed by atoms with Crippen LogP contribution in [0.2, 0.25) is 0 Å². The molecule has 0 heterocycles. The fourth-order valence-corrected chi connectivity index (χ4v) is 4.73. The predicted molar refractivity (Wildman–Crippen MR) is 126 cm³/mol. The van der Waals surface area contributed by atoms with Crippen LogP contribution in [0.15, 0.2) is 60.7 Å². The molecule has 2 aromatic rings. The van der Waals surface area contributed by atoms with Gasteiger partial charge in [-0.1, -0.05) is 107 Å². The smallest absolute Gasteiger partial charge is 0.150 e. The van der Waals surface area contributed by atoms with Gasteiger partial charge in [-0.3, -0.25) is 9.69 Å². The second-order valence-electron chi connectivity index (χ2n) is 9.53. The highest BCUT2D eigenvalue weighted by Gasteiger charge is 2.29. The summed E-state index contributed by atoms with van der Waals surface area (Å²) >= 11 is 0. The quantitative estimate of drug-likeness (QED) is 0.400. The van der Waals surface area contributed by atoms with Gasteiger partial charge in [0.2, 0.25) is 0 Å². The van der Waals surface area contributed by atoms with E-state index in [0.717, 1.165) is 25.9 Å². The Balaban J connectivity index is 1.83. The second-order valence-corrected chi connectivity index (χ2v) is 9.53. The third-order valence-electron chi connectivity index (χ3n) is 6.52. The van der Waals surface area contributed by atoms with E-state index in [9.17, 15) is 4.79 Å². The van der Waals surface area contributed by atoms with Gasteiger partial charge in [-0.05, 0) is 35.8 Å². The largest absolute Gasteiger partial charge is 0.298 e. The summed E-state index contributed by atoms with van der Waals surface area (Å²) in [5.74, 6) is 1.71. The van der Waals surface area contributed by atoms with Gasteiger partial charge in [0.1, 0.15) is 5.78 Å². The van der Waals surface area contributed by atoms with Crippen LogP contribution in [0.3, 0.4) is 0 Å². The summed E-state index contributed by atoms with van der Waals surface area (Å²) in [6.45, 7) is 6.10. The van der Waals surface area contributed by atoms with Crippen LogP contribution >= 0.6 is 0 Å². The maximum absolute atomic E-state index is 13.5. The lowest BCUT2D eigenvalue weighted by Crippen LogP contribution is -2.42. The van der Waals surface area contributed by atoms with Crippen LogP contribution in [0.1, 0.15) is 76.3 Å². The monoisotopic (exact) mass is 405 g/mol. The molecule has 2 aromatic carbocycles. The standard InChI is InChI=1S/C28H39NO/c1-23(2)18-19-28(30)27(20-24-12-6-3-7-13-24)29(21-25-14-8-4-9-15-25)22-26-16-10-5-11-17-26/h4-5,8-11,14-17,23-24,27H,3,6-7,12-13,18-22H2,1-2H3. The van der Waals surface area contributed by atoms with Crippen molar-refractivity contribution in [2.24, 2.45) is 11.8 Å². The molecule has 2 nitrogen and oxygen atoms in total. The van der Waals surface area contributed by atoms with Gasteiger partial charge < -0.3 is 0 Å². The average Bonchev–Trinajstić information content (AvgIpc) is 2.77. The van der Waals surface area contributed by atoms with Crippen LogP contribution in [-0.2, 0) is 17.9 Å². The van der Waals surface area contributed by atoms with E-state index in [2.05, 4.69) is 79.4 Å². The van der Waals surface area contributed by atoms with E-state index in [-0.39, 0.29) is 6.04 Å². The molecule has 1 fully saturated rings. The lowest BCUT2D eigenvalue weighted by molar-refractivity contribution is -0.126. The van der Waals surface area contributed by atoms with Crippen LogP contribution < -0.4 is 0 Å². The van der Waals surface area contributed by atoms with Crippen molar-refractivity contribution < 1.29 is 4.79 Å². The molecule has 1 atom stereocenters. The summed E-state index contributed by atoms with van der Waals surface area (Å²) in [5, 5.41) is 0. The van der Waals surface area contributed by atoms with Crippen molar-refractivity contribution in [3.8, 4) is 0 Å². The summed E-state index contributed by atoms with van der Waals surface area (Å²) in [6.07, 6.45) is 9.32. The van der Waals surface area contributed by atoms with Crippen LogP contribution in [0, 0.1) is 11.8 Å². The van der Waals surface area contributed by atoms with Gasteiger partial charge in [0, 0.05) is 19.5 Å². The Hall–Kier alpha value is -1.93. The highest BCUT2D eigenvalue weighted by Crippen LogP contribution is 2.30. The Morgan fingerprint density at radius 2 is 1.40 bits per heavy atom. The number of hydrogen-bond acceptors (Lipinski definition) is 2. The first kappa shape index (κ1) is 22.7. The maximum atomic E-state index is 13.5. The number of carbonyl (C=O) groups excluding carboxylic acids is 1. The first-order chi connectivity index (χ1) is 14.6. The molecule has 1 aliphatic rings. The Labute approximate surface area is 183 Å². The Bertz CT molecular complexity index is 692. The first-order valence-corrected chi connectivity index (χ1v) is 12.0. The number of hydrogen-bond donors (Lipinski definition) is 0. The molecule has 1 saturated carbocycles. The van der Waals surface area contributed by atoms with E-state index in [1.165, 1.54) is 43.2 Å². The first-order valence-electron chi connectivity index (χ1n) is 12.0. The highest BCUT2D eigenvalue weighted by molar-refractivity contribution is 5.84. The van der Waals surface area contributed by atoms with E-state index >= 15 is 0 Å². The van der Waals surface area contributed by atoms with Crippen molar-refractivity contribution in [3.63, 3.8) is 0 Å². The zero-order chi connectivity index (χ0) is 21.2. The van der Waals surface area contributed by atoms with Gasteiger partial charge >= 0.3 is 0 Å². The molecule has 162 valence electrons. The van der Waals surface area contributed by atoms with Crippen LogP contribution in [0.5, 0.6) is 0 Å². The molecule has 0 aliphatic heterocycles. The summed E-state index contributed by atoms with van der Waals surface area (Å²) in [7, 11) is 0. The van der Waals surface area contributed by atoms with E-state index in [1.807, 2.05) is 0 Å². The van der Waals surface area contributed by atoms with Gasteiger partial charge in [0.15, 0.2) is 0 Å². The molecular formula is C28H39NO. The SMILES string of the molecule is CC(C)CCC(=O)C(CC1CCCCC1)N(Cc1ccccc1)Cc1ccccc1. The lowest BCUT2D eigenvalue weighted by Gasteiger charge is -2.35. The zero-order valence-electron chi connectivity index (χ0n) is 18.9. The van der Waals surface area contributed by atoms with Gasteiger partial charge in [0.05, 0.1) is 6.04 Å². The molecular weight excluding hydrogens is 366 g/mol. The topological polar surface area (TPSA) is 20.3 Å². The van der Waals surface area contributed by atoms with Crippen LogP contribution in [0.25, 0.3) is 0 Å². The maximum Gasteiger partial charge on any atom is 0.150 e. The van der Waals surface area contributed by atoms with Gasteiger partial charge in [-0.25, -0.2) is 0 Å². The number of Topliss-reactive ketones (excluding diaryl/α,β-unsaturated/α-hetero) is 1. The molecule has 1 aliphatic carbocycles. The molecule has 3 rings (SSSR count). The van der Waals surface area contributed by atoms with Crippen LogP contribution in [-0.4, -0.2) is 16.7 Å². The zero-order valence-corrected chi connectivity index (χ0v) is 18.9. The number of benzene rings is 2. The number of ketones is 1. The molecule has 0 aromatic heterocycles. The van der Waals surface area contributed by atoms with E-state index < -0.39 is 0 Å². The van der Waals surface area contributed by atoms with Crippen molar-refractivity contribution in [1.29, 1.82) is 0 Å². The molecule has 0 saturated heterocycles. The van der Waals surface area contributed by atoms with Gasteiger partial charge in [0.25, 0.3) is 0 Å². The minimum Gasteiger partial charge on any atom is -0.298 e.